The van der Waals surface area contributed by atoms with Gasteiger partial charge in [0.1, 0.15) is 5.75 Å². The number of hydrogen-bond acceptors (Lipinski definition) is 5. The van der Waals surface area contributed by atoms with Crippen molar-refractivity contribution in [3.05, 3.63) is 58.5 Å². The molecule has 1 unspecified atom stereocenters. The van der Waals surface area contributed by atoms with Crippen molar-refractivity contribution in [1.29, 1.82) is 0 Å². The first-order chi connectivity index (χ1) is 15.9. The molecule has 2 heterocycles. The number of piperidine rings is 1. The molecule has 1 aromatic carbocycles. The number of carbonyl (C=O) groups is 2. The molecule has 0 spiro atoms. The second kappa shape index (κ2) is 10.6. The number of benzene rings is 2. The number of thioether (sulfide) groups is 1. The largest absolute Gasteiger partial charge is 0.494 e. The van der Waals surface area contributed by atoms with Crippen LogP contribution < -0.4 is 10.1 Å². The van der Waals surface area contributed by atoms with Gasteiger partial charge in [0.15, 0.2) is 0 Å². The molecule has 33 heavy (non-hydrogen) atoms. The highest BCUT2D eigenvalue weighted by Gasteiger charge is 2.27. The first-order valence-electron chi connectivity index (χ1n) is 11.7. The minimum Gasteiger partial charge on any atom is -0.494 e. The lowest BCUT2D eigenvalue weighted by Gasteiger charge is -2.35. The second-order valence-corrected chi connectivity index (χ2v) is 10.00. The Kier molecular flexibility index (Phi) is 7.56. The Hall–Kier alpha value is -2.57. The number of rotatable bonds is 6. The van der Waals surface area contributed by atoms with E-state index in [-0.39, 0.29) is 17.9 Å². The van der Waals surface area contributed by atoms with Gasteiger partial charge < -0.3 is 10.1 Å². The van der Waals surface area contributed by atoms with Gasteiger partial charge in [-0.05, 0) is 68.9 Å². The van der Waals surface area contributed by atoms with Crippen LogP contribution in [0.15, 0.2) is 57.8 Å². The fourth-order valence-corrected chi connectivity index (χ4v) is 5.32. The van der Waals surface area contributed by atoms with Crippen LogP contribution in [0.4, 0.5) is 0 Å². The summed E-state index contributed by atoms with van der Waals surface area (Å²) < 4.78 is 5.91. The highest BCUT2D eigenvalue weighted by molar-refractivity contribution is 8.04. The van der Waals surface area contributed by atoms with Crippen molar-refractivity contribution in [2.45, 2.75) is 57.5 Å². The smallest absolute Gasteiger partial charge is 0.218 e. The maximum atomic E-state index is 12.3. The van der Waals surface area contributed by atoms with Gasteiger partial charge >= 0.3 is 0 Å². The van der Waals surface area contributed by atoms with Gasteiger partial charge in [0.2, 0.25) is 11.7 Å². The first kappa shape index (κ1) is 23.6. The van der Waals surface area contributed by atoms with Gasteiger partial charge in [-0.2, -0.15) is 0 Å². The number of nitrogens with one attached hydrogen (secondary N) is 1. The second-order valence-electron chi connectivity index (χ2n) is 8.95. The number of allylic oxidation sites excluding steroid dienone is 2. The van der Waals surface area contributed by atoms with Crippen molar-refractivity contribution < 1.29 is 14.3 Å². The standard InChI is InChI=1S/C21H28N2O3S.C6H4/c1-14(2)21-20(25)17-9-8-16(13-18(17)27-21)26-12-6-11-23-10-5-4-7-19(23)22-15(3)24;1-2-6-4-3-5(1)6/h8-9,13,19H,4-7,10-12H2,1-3H3,(H,22,24);1-4H. The number of amides is 1. The van der Waals surface area contributed by atoms with Crippen LogP contribution in [0.25, 0.3) is 11.1 Å². The monoisotopic (exact) mass is 464 g/mol. The van der Waals surface area contributed by atoms with Crippen LogP contribution in [0.1, 0.15) is 56.8 Å². The molecule has 1 aromatic rings. The molecule has 1 fully saturated rings. The van der Waals surface area contributed by atoms with Crippen LogP contribution in [0.5, 0.6) is 5.75 Å². The van der Waals surface area contributed by atoms with Gasteiger partial charge in [0.05, 0.1) is 17.7 Å². The van der Waals surface area contributed by atoms with Crippen LogP contribution in [0.3, 0.4) is 0 Å². The molecule has 1 amide bonds. The molecule has 6 heteroatoms. The Morgan fingerprint density at radius 2 is 1.82 bits per heavy atom. The average Bonchev–Trinajstić information content (AvgIpc) is 3.11. The number of hydrogen-bond donors (Lipinski definition) is 1. The summed E-state index contributed by atoms with van der Waals surface area (Å²) in [5.41, 5.74) is 4.68. The van der Waals surface area contributed by atoms with Crippen LogP contribution in [-0.4, -0.2) is 42.5 Å². The van der Waals surface area contributed by atoms with Gasteiger partial charge in [-0.1, -0.05) is 41.6 Å². The maximum absolute atomic E-state index is 12.3. The minimum atomic E-state index is 0.0315. The molecular weight excluding hydrogens is 432 g/mol. The number of nitrogens with zero attached hydrogens (tertiary/aromatic N) is 1. The molecule has 2 aliphatic carbocycles. The quantitative estimate of drug-likeness (QED) is 0.377. The number of likely N-dealkylation sites (tertiary alicyclic amines) is 1. The summed E-state index contributed by atoms with van der Waals surface area (Å²) in [6, 6.07) is 14.2. The zero-order chi connectivity index (χ0) is 23.4. The third-order valence-corrected chi connectivity index (χ3v) is 7.49. The highest BCUT2D eigenvalue weighted by Crippen LogP contribution is 2.42. The predicted molar refractivity (Wildman–Crippen MR) is 134 cm³/mol. The molecule has 1 atom stereocenters. The van der Waals surface area contributed by atoms with Gasteiger partial charge in [0, 0.05) is 30.5 Å². The lowest BCUT2D eigenvalue weighted by Crippen LogP contribution is -2.50. The summed E-state index contributed by atoms with van der Waals surface area (Å²) in [7, 11) is 0. The zero-order valence-electron chi connectivity index (χ0n) is 19.6. The van der Waals surface area contributed by atoms with Gasteiger partial charge in [-0.15, -0.1) is 0 Å². The van der Waals surface area contributed by atoms with E-state index in [4.69, 9.17) is 4.74 Å². The third-order valence-electron chi connectivity index (χ3n) is 6.13. The fourth-order valence-electron chi connectivity index (χ4n) is 4.25. The summed E-state index contributed by atoms with van der Waals surface area (Å²) in [4.78, 5) is 27.9. The SMILES string of the molecule is CC(=O)NC1CCCCN1CCCOc1ccc2c(c1)SC(=C(C)C)C2=O.c1cc2ccc1-2. The van der Waals surface area contributed by atoms with Crippen molar-refractivity contribution in [2.24, 2.45) is 0 Å². The topological polar surface area (TPSA) is 58.6 Å². The van der Waals surface area contributed by atoms with Gasteiger partial charge in [0.25, 0.3) is 0 Å². The van der Waals surface area contributed by atoms with E-state index in [1.807, 2.05) is 32.0 Å². The van der Waals surface area contributed by atoms with Crippen LogP contribution in [0.2, 0.25) is 0 Å². The van der Waals surface area contributed by atoms with Crippen molar-refractivity contribution in [1.82, 2.24) is 10.2 Å². The molecule has 174 valence electrons. The van der Waals surface area contributed by atoms with E-state index >= 15 is 0 Å². The van der Waals surface area contributed by atoms with E-state index in [0.717, 1.165) is 59.0 Å². The van der Waals surface area contributed by atoms with E-state index in [1.165, 1.54) is 29.3 Å². The van der Waals surface area contributed by atoms with E-state index in [1.54, 1.807) is 6.92 Å². The number of ketones is 1. The lowest BCUT2D eigenvalue weighted by molar-refractivity contribution is -0.121. The number of ether oxygens (including phenoxy) is 1. The van der Waals surface area contributed by atoms with E-state index < -0.39 is 0 Å². The Morgan fingerprint density at radius 3 is 2.42 bits per heavy atom. The highest BCUT2D eigenvalue weighted by atomic mass is 32.2. The predicted octanol–water partition coefficient (Wildman–Crippen LogP) is 5.65. The third kappa shape index (κ3) is 5.68. The summed E-state index contributed by atoms with van der Waals surface area (Å²) in [5.74, 6) is 0.959. The molecule has 5 nitrogen and oxygen atoms in total. The average molecular weight is 465 g/mol. The number of fused-ring (bicyclic) bond motifs is 2. The molecular formula is C27H32N2O3S. The Bertz CT molecular complexity index is 1040. The lowest BCUT2D eigenvalue weighted by atomic mass is 9.95. The van der Waals surface area contributed by atoms with Gasteiger partial charge in [-0.25, -0.2) is 0 Å². The minimum absolute atomic E-state index is 0.0315. The number of carbonyl (C=O) groups excluding carboxylic acids is 2. The summed E-state index contributed by atoms with van der Waals surface area (Å²) in [6.07, 6.45) is 4.42. The Balaban J connectivity index is 0.000000367. The molecule has 5 rings (SSSR count). The van der Waals surface area contributed by atoms with Crippen molar-refractivity contribution in [3.8, 4) is 16.9 Å². The molecule has 0 bridgehead atoms. The van der Waals surface area contributed by atoms with Crippen molar-refractivity contribution >= 4 is 23.5 Å². The van der Waals surface area contributed by atoms with E-state index in [9.17, 15) is 9.59 Å². The van der Waals surface area contributed by atoms with E-state index in [0.29, 0.717) is 6.61 Å². The Morgan fingerprint density at radius 1 is 1.09 bits per heavy atom. The molecule has 4 aliphatic rings. The van der Waals surface area contributed by atoms with Crippen LogP contribution in [0, 0.1) is 0 Å². The molecule has 0 aromatic heterocycles. The summed E-state index contributed by atoms with van der Waals surface area (Å²) >= 11 is 1.54. The molecule has 0 saturated carbocycles. The number of Topliss-reactive ketones (excluding diaryl/α,β-unsaturated/α-hetero) is 1. The van der Waals surface area contributed by atoms with Crippen molar-refractivity contribution in [2.75, 3.05) is 19.7 Å². The van der Waals surface area contributed by atoms with Crippen LogP contribution in [-0.2, 0) is 4.79 Å². The van der Waals surface area contributed by atoms with Gasteiger partial charge in [-0.3, -0.25) is 14.5 Å². The Labute approximate surface area is 200 Å². The molecule has 1 N–H and O–H groups in total. The summed E-state index contributed by atoms with van der Waals surface area (Å²) in [6.45, 7) is 8.07. The molecule has 0 radical (unpaired) electrons. The molecule has 1 saturated heterocycles. The van der Waals surface area contributed by atoms with Crippen molar-refractivity contribution in [3.63, 3.8) is 0 Å². The van der Waals surface area contributed by atoms with Crippen LogP contribution >= 0.6 is 11.8 Å². The molecule has 2 aliphatic heterocycles. The van der Waals surface area contributed by atoms with E-state index in [2.05, 4.69) is 34.5 Å². The maximum Gasteiger partial charge on any atom is 0.218 e. The summed E-state index contributed by atoms with van der Waals surface area (Å²) in [5, 5.41) is 3.04. The first-order valence-corrected chi connectivity index (χ1v) is 12.5. The normalized spacial score (nSPS) is 18.2. The zero-order valence-corrected chi connectivity index (χ0v) is 20.5. The fraction of sp³-hybridized carbons (Fsp3) is 0.407.